The summed E-state index contributed by atoms with van der Waals surface area (Å²) in [7, 11) is 1.68. The van der Waals surface area contributed by atoms with Gasteiger partial charge < -0.3 is 4.90 Å². The molecule has 0 radical (unpaired) electrons. The van der Waals surface area contributed by atoms with E-state index in [-0.39, 0.29) is 10.9 Å². The summed E-state index contributed by atoms with van der Waals surface area (Å²) < 4.78 is -0.417. The van der Waals surface area contributed by atoms with Crippen LogP contribution in [-0.2, 0) is 6.42 Å². The molecule has 9 heteroatoms. The van der Waals surface area contributed by atoms with Gasteiger partial charge in [-0.2, -0.15) is 5.10 Å². The first-order valence-corrected chi connectivity index (χ1v) is 11.8. The average molecular weight is 466 g/mol. The van der Waals surface area contributed by atoms with Crippen LogP contribution in [0.3, 0.4) is 0 Å². The molecule has 0 aliphatic carbocycles. The minimum absolute atomic E-state index is 0.0589. The fraction of sp³-hybridized carbons (Fsp3) is 0.375. The molecule has 0 saturated carbocycles. The van der Waals surface area contributed by atoms with Gasteiger partial charge in [-0.1, -0.05) is 17.8 Å². The average Bonchev–Trinajstić information content (AvgIpc) is 2.79. The molecule has 0 N–H and O–H groups in total. The molecule has 0 aromatic heterocycles. The third kappa shape index (κ3) is 4.50. The van der Waals surface area contributed by atoms with Gasteiger partial charge in [-0.05, 0) is 69.0 Å². The Bertz CT molecular complexity index is 1160. The predicted octanol–water partition coefficient (Wildman–Crippen LogP) is 5.10. The summed E-state index contributed by atoms with van der Waals surface area (Å²) in [6.07, 6.45) is 1.91. The van der Waals surface area contributed by atoms with Crippen LogP contribution in [0.5, 0.6) is 0 Å². The first-order chi connectivity index (χ1) is 15.7. The number of fused-ring (bicyclic) bond motifs is 1. The van der Waals surface area contributed by atoms with Gasteiger partial charge in [-0.25, -0.2) is 5.01 Å². The SMILES string of the molecule is CCN=C(c1ccc([N+](=O)[O-])cc1)N1CCCc2cc(C3=NN(C)C(=O)SC3(C)C)ccc21. The van der Waals surface area contributed by atoms with E-state index in [9.17, 15) is 14.9 Å². The van der Waals surface area contributed by atoms with E-state index in [1.54, 1.807) is 19.2 Å². The second-order valence-corrected chi connectivity index (χ2v) is 10.1. The van der Waals surface area contributed by atoms with E-state index < -0.39 is 9.67 Å². The van der Waals surface area contributed by atoms with E-state index >= 15 is 0 Å². The summed E-state index contributed by atoms with van der Waals surface area (Å²) in [5.74, 6) is 0.817. The highest BCUT2D eigenvalue weighted by Crippen LogP contribution is 2.37. The molecule has 0 atom stereocenters. The van der Waals surface area contributed by atoms with Crippen LogP contribution in [0.15, 0.2) is 52.6 Å². The minimum Gasteiger partial charge on any atom is -0.326 e. The van der Waals surface area contributed by atoms with Crippen molar-refractivity contribution >= 4 is 39.9 Å². The standard InChI is InChI=1S/C24H27N5O3S/c1-5-25-22(16-8-11-19(12-9-16)29(31)32)28-14-6-7-17-15-18(10-13-20(17)28)21-24(2,3)33-23(30)27(4)26-21/h8-13,15H,5-7,14H2,1-4H3. The van der Waals surface area contributed by atoms with Gasteiger partial charge in [-0.3, -0.25) is 19.9 Å². The Morgan fingerprint density at radius 3 is 2.64 bits per heavy atom. The van der Waals surface area contributed by atoms with Crippen LogP contribution in [0.2, 0.25) is 0 Å². The number of hydrogen-bond acceptors (Lipinski definition) is 6. The van der Waals surface area contributed by atoms with Crippen molar-refractivity contribution in [3.8, 4) is 0 Å². The Kier molecular flexibility index (Phi) is 6.25. The van der Waals surface area contributed by atoms with Crippen LogP contribution in [0.1, 0.15) is 43.9 Å². The van der Waals surface area contributed by atoms with Crippen LogP contribution in [-0.4, -0.2) is 51.6 Å². The molecule has 0 spiro atoms. The highest BCUT2D eigenvalue weighted by molar-refractivity contribution is 8.15. The molecule has 0 unspecified atom stereocenters. The highest BCUT2D eigenvalue weighted by Gasteiger charge is 2.37. The van der Waals surface area contributed by atoms with Crippen molar-refractivity contribution in [3.63, 3.8) is 0 Å². The maximum atomic E-state index is 12.1. The van der Waals surface area contributed by atoms with Gasteiger partial charge in [-0.15, -0.1) is 0 Å². The molecule has 1 amide bonds. The van der Waals surface area contributed by atoms with Crippen LogP contribution >= 0.6 is 11.8 Å². The number of carbonyl (C=O) groups is 1. The Morgan fingerprint density at radius 2 is 1.97 bits per heavy atom. The first-order valence-electron chi connectivity index (χ1n) is 11.0. The Balaban J connectivity index is 1.72. The lowest BCUT2D eigenvalue weighted by Gasteiger charge is -2.35. The van der Waals surface area contributed by atoms with Crippen molar-refractivity contribution in [2.75, 3.05) is 25.0 Å². The van der Waals surface area contributed by atoms with Gasteiger partial charge in [0.05, 0.1) is 15.4 Å². The van der Waals surface area contributed by atoms with Gasteiger partial charge in [0.1, 0.15) is 5.84 Å². The smallest absolute Gasteiger partial charge is 0.302 e. The summed E-state index contributed by atoms with van der Waals surface area (Å²) in [6.45, 7) is 7.46. The number of anilines is 1. The van der Waals surface area contributed by atoms with Gasteiger partial charge in [0.25, 0.3) is 5.69 Å². The summed E-state index contributed by atoms with van der Waals surface area (Å²) in [5, 5.41) is 17.0. The zero-order chi connectivity index (χ0) is 23.8. The van der Waals surface area contributed by atoms with Crippen molar-refractivity contribution < 1.29 is 9.72 Å². The second-order valence-electron chi connectivity index (χ2n) is 8.55. The minimum atomic E-state index is -0.417. The maximum absolute atomic E-state index is 12.1. The van der Waals surface area contributed by atoms with Gasteiger partial charge in [0.15, 0.2) is 0 Å². The van der Waals surface area contributed by atoms with Crippen molar-refractivity contribution in [2.45, 2.75) is 38.4 Å². The van der Waals surface area contributed by atoms with E-state index in [1.165, 1.54) is 34.5 Å². The number of amides is 1. The van der Waals surface area contributed by atoms with Crippen molar-refractivity contribution in [1.29, 1.82) is 0 Å². The van der Waals surface area contributed by atoms with Crippen LogP contribution in [0.4, 0.5) is 16.2 Å². The molecule has 2 heterocycles. The molecule has 0 fully saturated rings. The molecule has 2 aromatic carbocycles. The summed E-state index contributed by atoms with van der Waals surface area (Å²) in [5.41, 5.74) is 5.10. The van der Waals surface area contributed by atoms with Crippen LogP contribution in [0.25, 0.3) is 0 Å². The molecule has 2 aromatic rings. The second kappa shape index (κ2) is 8.97. The molecular formula is C24H27N5O3S. The van der Waals surface area contributed by atoms with E-state index in [2.05, 4.69) is 28.2 Å². The molecule has 2 aliphatic rings. The Hall–Kier alpha value is -3.20. The van der Waals surface area contributed by atoms with Gasteiger partial charge in [0.2, 0.25) is 0 Å². The van der Waals surface area contributed by atoms with E-state index in [1.807, 2.05) is 20.8 Å². The number of aryl methyl sites for hydroxylation is 1. The molecular weight excluding hydrogens is 438 g/mol. The molecule has 0 bridgehead atoms. The molecule has 33 heavy (non-hydrogen) atoms. The largest absolute Gasteiger partial charge is 0.326 e. The normalized spacial score (nSPS) is 18.1. The zero-order valence-electron chi connectivity index (χ0n) is 19.2. The topological polar surface area (TPSA) is 91.4 Å². The molecule has 0 saturated heterocycles. The molecule has 2 aliphatic heterocycles. The summed E-state index contributed by atoms with van der Waals surface area (Å²) in [4.78, 5) is 29.7. The zero-order valence-corrected chi connectivity index (χ0v) is 20.1. The monoisotopic (exact) mass is 465 g/mol. The maximum Gasteiger partial charge on any atom is 0.302 e. The number of rotatable bonds is 4. The number of hydrazone groups is 1. The quantitative estimate of drug-likeness (QED) is 0.271. The number of aliphatic imine (C=N–C) groups is 1. The van der Waals surface area contributed by atoms with Crippen LogP contribution in [0, 0.1) is 10.1 Å². The molecule has 8 nitrogen and oxygen atoms in total. The summed E-state index contributed by atoms with van der Waals surface area (Å²) >= 11 is 1.28. The number of thioether (sulfide) groups is 1. The highest BCUT2D eigenvalue weighted by atomic mass is 32.2. The number of nitrogens with zero attached hydrogens (tertiary/aromatic N) is 5. The number of carbonyl (C=O) groups excluding carboxylic acids is 1. The van der Waals surface area contributed by atoms with Gasteiger partial charge in [0, 0.05) is 43.5 Å². The Labute approximate surface area is 197 Å². The lowest BCUT2D eigenvalue weighted by molar-refractivity contribution is -0.384. The number of nitro groups is 1. The van der Waals surface area contributed by atoms with Gasteiger partial charge >= 0.3 is 5.24 Å². The Morgan fingerprint density at radius 1 is 1.24 bits per heavy atom. The summed E-state index contributed by atoms with van der Waals surface area (Å²) in [6, 6.07) is 12.9. The van der Waals surface area contributed by atoms with Crippen molar-refractivity contribution in [1.82, 2.24) is 5.01 Å². The number of benzene rings is 2. The molecule has 172 valence electrons. The fourth-order valence-electron chi connectivity index (χ4n) is 4.23. The molecule has 4 rings (SSSR count). The van der Waals surface area contributed by atoms with Crippen molar-refractivity contribution in [3.05, 3.63) is 69.3 Å². The lowest BCUT2D eigenvalue weighted by atomic mass is 9.93. The van der Waals surface area contributed by atoms with E-state index in [0.29, 0.717) is 6.54 Å². The number of non-ortho nitro benzene ring substituents is 1. The van der Waals surface area contributed by atoms with Crippen molar-refractivity contribution in [2.24, 2.45) is 10.1 Å². The first kappa shape index (κ1) is 23.0. The number of hydrogen-bond donors (Lipinski definition) is 0. The number of amidine groups is 1. The van der Waals surface area contributed by atoms with Crippen LogP contribution < -0.4 is 4.90 Å². The predicted molar refractivity (Wildman–Crippen MR) is 134 cm³/mol. The lowest BCUT2D eigenvalue weighted by Crippen LogP contribution is -2.40. The van der Waals surface area contributed by atoms with E-state index in [0.717, 1.165) is 47.7 Å². The fourth-order valence-corrected chi connectivity index (χ4v) is 5.09. The third-order valence-electron chi connectivity index (χ3n) is 5.80. The number of nitro benzene ring substituents is 1. The van der Waals surface area contributed by atoms with E-state index in [4.69, 9.17) is 4.99 Å². The third-order valence-corrected chi connectivity index (χ3v) is 6.94.